The molecule has 18 heavy (non-hydrogen) atoms. The van der Waals surface area contributed by atoms with Crippen molar-refractivity contribution >= 4 is 11.9 Å². The van der Waals surface area contributed by atoms with E-state index in [0.29, 0.717) is 6.42 Å². The topological polar surface area (TPSA) is 55.4 Å². The van der Waals surface area contributed by atoms with Crippen LogP contribution in [0.15, 0.2) is 30.3 Å². The van der Waals surface area contributed by atoms with Gasteiger partial charge < -0.3 is 10.1 Å². The van der Waals surface area contributed by atoms with Gasteiger partial charge in [0.05, 0.1) is 0 Å². The molecule has 4 nitrogen and oxygen atoms in total. The summed E-state index contributed by atoms with van der Waals surface area (Å²) in [5.41, 5.74) is 1.00. The largest absolute Gasteiger partial charge is 0.450 e. The van der Waals surface area contributed by atoms with Crippen LogP contribution in [0.2, 0.25) is 0 Å². The lowest BCUT2D eigenvalue weighted by Gasteiger charge is -2.30. The van der Waals surface area contributed by atoms with Crippen molar-refractivity contribution in [2.24, 2.45) is 5.92 Å². The standard InChI is InChI=1S/C14H17NO3/c1-9(2)12-13(16)15-11(14(17)18-12)8-10-6-4-3-5-7-10/h3-7,9,11-12H,8H2,1-2H3,(H,15,16)/t11-,12-/m0/s1. The number of nitrogens with one attached hydrogen (secondary N) is 1. The fraction of sp³-hybridized carbons (Fsp3) is 0.429. The van der Waals surface area contributed by atoms with E-state index in [2.05, 4.69) is 5.32 Å². The number of hydrogen-bond donors (Lipinski definition) is 1. The van der Waals surface area contributed by atoms with Crippen LogP contribution in [0.4, 0.5) is 0 Å². The van der Waals surface area contributed by atoms with Gasteiger partial charge in [-0.2, -0.15) is 0 Å². The van der Waals surface area contributed by atoms with Crippen LogP contribution in [0.1, 0.15) is 19.4 Å². The minimum atomic E-state index is -0.662. The fourth-order valence-electron chi connectivity index (χ4n) is 2.00. The van der Waals surface area contributed by atoms with Crippen LogP contribution in [0.3, 0.4) is 0 Å². The molecule has 1 saturated heterocycles. The molecule has 1 heterocycles. The van der Waals surface area contributed by atoms with Crippen molar-refractivity contribution in [2.75, 3.05) is 0 Å². The lowest BCUT2D eigenvalue weighted by atomic mass is 10.0. The summed E-state index contributed by atoms with van der Waals surface area (Å²) in [6.07, 6.45) is -0.194. The minimum absolute atomic E-state index is 0.00775. The van der Waals surface area contributed by atoms with Gasteiger partial charge in [-0.3, -0.25) is 4.79 Å². The molecule has 0 bridgehead atoms. The van der Waals surface area contributed by atoms with Crippen LogP contribution < -0.4 is 5.32 Å². The molecule has 0 spiro atoms. The molecule has 0 aliphatic carbocycles. The first-order valence-corrected chi connectivity index (χ1v) is 6.12. The molecule has 0 aromatic heterocycles. The van der Waals surface area contributed by atoms with E-state index >= 15 is 0 Å². The third-order valence-electron chi connectivity index (χ3n) is 2.99. The molecule has 1 amide bonds. The zero-order valence-corrected chi connectivity index (χ0v) is 10.6. The molecule has 2 atom stereocenters. The Morgan fingerprint density at radius 2 is 1.89 bits per heavy atom. The molecule has 1 N–H and O–H groups in total. The Balaban J connectivity index is 2.04. The summed E-state index contributed by atoms with van der Waals surface area (Å²) in [7, 11) is 0. The van der Waals surface area contributed by atoms with E-state index in [1.54, 1.807) is 0 Å². The second-order valence-corrected chi connectivity index (χ2v) is 4.85. The van der Waals surface area contributed by atoms with Crippen molar-refractivity contribution < 1.29 is 14.3 Å². The van der Waals surface area contributed by atoms with Crippen molar-refractivity contribution in [1.29, 1.82) is 0 Å². The first-order chi connectivity index (χ1) is 8.58. The number of carbonyl (C=O) groups is 2. The van der Waals surface area contributed by atoms with Gasteiger partial charge in [0.15, 0.2) is 6.10 Å². The van der Waals surface area contributed by atoms with Gasteiger partial charge in [-0.15, -0.1) is 0 Å². The molecule has 1 aromatic rings. The van der Waals surface area contributed by atoms with Crippen LogP contribution in [0, 0.1) is 5.92 Å². The summed E-state index contributed by atoms with van der Waals surface area (Å²) in [5, 5.41) is 2.73. The van der Waals surface area contributed by atoms with Crippen molar-refractivity contribution in [3.05, 3.63) is 35.9 Å². The molecule has 0 radical (unpaired) electrons. The van der Waals surface area contributed by atoms with Crippen LogP contribution in [-0.4, -0.2) is 24.0 Å². The highest BCUT2D eigenvalue weighted by Crippen LogP contribution is 2.15. The number of benzene rings is 1. The van der Waals surface area contributed by atoms with Crippen molar-refractivity contribution in [3.8, 4) is 0 Å². The van der Waals surface area contributed by atoms with Crippen molar-refractivity contribution in [2.45, 2.75) is 32.4 Å². The monoisotopic (exact) mass is 247 g/mol. The number of ether oxygens (including phenoxy) is 1. The molecular formula is C14H17NO3. The number of morpholine rings is 1. The maximum atomic E-state index is 11.8. The van der Waals surface area contributed by atoms with Crippen molar-refractivity contribution in [3.63, 3.8) is 0 Å². The third-order valence-corrected chi connectivity index (χ3v) is 2.99. The Morgan fingerprint density at radius 3 is 2.50 bits per heavy atom. The SMILES string of the molecule is CC(C)[C@@H]1OC(=O)[C@H](Cc2ccccc2)NC1=O. The summed E-state index contributed by atoms with van der Waals surface area (Å²) in [4.78, 5) is 23.6. The molecule has 4 heteroatoms. The van der Waals surface area contributed by atoms with Gasteiger partial charge in [0.1, 0.15) is 6.04 Å². The average molecular weight is 247 g/mol. The van der Waals surface area contributed by atoms with Gasteiger partial charge in [0, 0.05) is 6.42 Å². The van der Waals surface area contributed by atoms with Gasteiger partial charge >= 0.3 is 5.97 Å². The molecular weight excluding hydrogens is 230 g/mol. The fourth-order valence-corrected chi connectivity index (χ4v) is 2.00. The maximum absolute atomic E-state index is 11.8. The van der Waals surface area contributed by atoms with Gasteiger partial charge in [-0.05, 0) is 11.5 Å². The number of rotatable bonds is 3. The predicted octanol–water partition coefficient (Wildman–Crippen LogP) is 1.30. The van der Waals surface area contributed by atoms with Gasteiger partial charge in [-0.25, -0.2) is 4.79 Å². The molecule has 1 aliphatic heterocycles. The summed E-state index contributed by atoms with van der Waals surface area (Å²) in [6.45, 7) is 3.71. The van der Waals surface area contributed by atoms with Crippen LogP contribution in [0.25, 0.3) is 0 Å². The molecule has 1 fully saturated rings. The number of esters is 1. The summed E-state index contributed by atoms with van der Waals surface area (Å²) in [6, 6.07) is 9.00. The second kappa shape index (κ2) is 5.21. The molecule has 2 rings (SSSR count). The number of carbonyl (C=O) groups excluding carboxylic acids is 2. The molecule has 0 unspecified atom stereocenters. The minimum Gasteiger partial charge on any atom is -0.450 e. The van der Waals surface area contributed by atoms with Gasteiger partial charge in [-0.1, -0.05) is 44.2 Å². The summed E-state index contributed by atoms with van der Waals surface area (Å²) >= 11 is 0. The van der Waals surface area contributed by atoms with Crippen LogP contribution in [0.5, 0.6) is 0 Å². The van der Waals surface area contributed by atoms with E-state index in [4.69, 9.17) is 4.74 Å². The zero-order valence-electron chi connectivity index (χ0n) is 10.6. The Labute approximate surface area is 106 Å². The third kappa shape index (κ3) is 2.70. The van der Waals surface area contributed by atoms with Gasteiger partial charge in [0.2, 0.25) is 0 Å². The van der Waals surface area contributed by atoms with E-state index in [1.807, 2.05) is 44.2 Å². The van der Waals surface area contributed by atoms with E-state index in [1.165, 1.54) is 0 Å². The Kier molecular flexibility index (Phi) is 3.65. The highest BCUT2D eigenvalue weighted by atomic mass is 16.6. The smallest absolute Gasteiger partial charge is 0.329 e. The van der Waals surface area contributed by atoms with E-state index < -0.39 is 12.1 Å². The predicted molar refractivity (Wildman–Crippen MR) is 66.8 cm³/mol. The van der Waals surface area contributed by atoms with E-state index in [0.717, 1.165) is 5.56 Å². The maximum Gasteiger partial charge on any atom is 0.329 e. The van der Waals surface area contributed by atoms with E-state index in [9.17, 15) is 9.59 Å². The first-order valence-electron chi connectivity index (χ1n) is 6.12. The molecule has 96 valence electrons. The summed E-state index contributed by atoms with van der Waals surface area (Å²) in [5.74, 6) is -0.561. The Bertz CT molecular complexity index is 442. The zero-order chi connectivity index (χ0) is 13.1. The Morgan fingerprint density at radius 1 is 1.22 bits per heavy atom. The lowest BCUT2D eigenvalue weighted by molar-refractivity contribution is -0.168. The van der Waals surface area contributed by atoms with Crippen molar-refractivity contribution in [1.82, 2.24) is 5.32 Å². The normalized spacial score (nSPS) is 23.7. The van der Waals surface area contributed by atoms with Crippen LogP contribution >= 0.6 is 0 Å². The van der Waals surface area contributed by atoms with Gasteiger partial charge in [0.25, 0.3) is 5.91 Å². The average Bonchev–Trinajstić information content (AvgIpc) is 2.34. The molecule has 1 aliphatic rings. The van der Waals surface area contributed by atoms with Crippen LogP contribution in [-0.2, 0) is 20.7 Å². The number of cyclic esters (lactones) is 1. The highest BCUT2D eigenvalue weighted by Gasteiger charge is 2.37. The molecule has 0 saturated carbocycles. The Hall–Kier alpha value is -1.84. The number of amides is 1. The number of hydrogen-bond acceptors (Lipinski definition) is 3. The first kappa shape index (κ1) is 12.6. The second-order valence-electron chi connectivity index (χ2n) is 4.85. The molecule has 1 aromatic carbocycles. The quantitative estimate of drug-likeness (QED) is 0.819. The summed E-state index contributed by atoms with van der Waals surface area (Å²) < 4.78 is 5.19. The lowest BCUT2D eigenvalue weighted by Crippen LogP contribution is -2.56. The highest BCUT2D eigenvalue weighted by molar-refractivity contribution is 5.92. The van der Waals surface area contributed by atoms with E-state index in [-0.39, 0.29) is 17.8 Å².